The zero-order chi connectivity index (χ0) is 20.1. The van der Waals surface area contributed by atoms with E-state index in [1.807, 2.05) is 0 Å². The average Bonchev–Trinajstić information content (AvgIpc) is 3.13. The molecule has 1 unspecified atom stereocenters. The fourth-order valence-corrected chi connectivity index (χ4v) is 4.80. The highest BCUT2D eigenvalue weighted by molar-refractivity contribution is 5.88. The van der Waals surface area contributed by atoms with Crippen molar-refractivity contribution < 1.29 is 18.7 Å². The number of aromatic nitrogens is 5. The lowest BCUT2D eigenvalue weighted by molar-refractivity contribution is -0.148. The molecule has 0 aliphatic heterocycles. The highest BCUT2D eigenvalue weighted by Crippen LogP contribution is 2.46. The molecular weight excluding hydrogens is 382 g/mol. The van der Waals surface area contributed by atoms with Gasteiger partial charge in [-0.3, -0.25) is 9.89 Å². The molecule has 3 aliphatic carbocycles. The van der Waals surface area contributed by atoms with Gasteiger partial charge in [0.15, 0.2) is 23.1 Å². The lowest BCUT2D eigenvalue weighted by Gasteiger charge is -2.47. The summed E-state index contributed by atoms with van der Waals surface area (Å²) in [7, 11) is 0. The molecule has 2 atom stereocenters. The van der Waals surface area contributed by atoms with Crippen LogP contribution in [0.1, 0.15) is 25.7 Å². The van der Waals surface area contributed by atoms with E-state index in [9.17, 15) is 18.7 Å². The third-order valence-corrected chi connectivity index (χ3v) is 6.15. The molecule has 3 aromatic heterocycles. The summed E-state index contributed by atoms with van der Waals surface area (Å²) in [6.45, 7) is 0. The topological polar surface area (TPSA) is 117 Å². The smallest absolute Gasteiger partial charge is 0.308 e. The number of carboxylic acids is 1. The van der Waals surface area contributed by atoms with Gasteiger partial charge in [0.2, 0.25) is 0 Å². The minimum absolute atomic E-state index is 0.0640. The number of fused-ring (bicyclic) bond motifs is 4. The summed E-state index contributed by atoms with van der Waals surface area (Å²) in [6, 6.07) is 0.858. The van der Waals surface area contributed by atoms with E-state index in [2.05, 4.69) is 30.5 Å². The molecule has 3 aromatic rings. The van der Waals surface area contributed by atoms with Gasteiger partial charge in [0.05, 0.1) is 23.7 Å². The van der Waals surface area contributed by atoms with E-state index in [0.717, 1.165) is 38.1 Å². The predicted molar refractivity (Wildman–Crippen MR) is 98.8 cm³/mol. The van der Waals surface area contributed by atoms with Gasteiger partial charge in [-0.2, -0.15) is 5.10 Å². The maximum absolute atomic E-state index is 14.5. The van der Waals surface area contributed by atoms with Crippen molar-refractivity contribution in [3.05, 3.63) is 30.1 Å². The van der Waals surface area contributed by atoms with Crippen LogP contribution in [0.4, 0.5) is 14.6 Å². The molecule has 3 heterocycles. The van der Waals surface area contributed by atoms with Gasteiger partial charge in [0, 0.05) is 6.04 Å². The number of pyridine rings is 1. The Morgan fingerprint density at radius 2 is 1.90 bits per heavy atom. The monoisotopic (exact) mass is 400 g/mol. The maximum atomic E-state index is 14.5. The number of nitrogens with one attached hydrogen (secondary N) is 2. The summed E-state index contributed by atoms with van der Waals surface area (Å²) in [6.07, 6.45) is 5.67. The van der Waals surface area contributed by atoms with Gasteiger partial charge in [0.25, 0.3) is 0 Å². The Kier molecular flexibility index (Phi) is 4.14. The van der Waals surface area contributed by atoms with E-state index in [0.29, 0.717) is 16.7 Å². The van der Waals surface area contributed by atoms with Gasteiger partial charge in [-0.25, -0.2) is 23.7 Å². The first-order valence-corrected chi connectivity index (χ1v) is 9.53. The van der Waals surface area contributed by atoms with E-state index in [4.69, 9.17) is 0 Å². The third-order valence-electron chi connectivity index (χ3n) is 6.15. The lowest BCUT2D eigenvalue weighted by atomic mass is 9.61. The molecule has 29 heavy (non-hydrogen) atoms. The number of rotatable bonds is 4. The van der Waals surface area contributed by atoms with E-state index < -0.39 is 29.6 Å². The number of halogens is 2. The number of carbonyl (C=O) groups is 1. The summed E-state index contributed by atoms with van der Waals surface area (Å²) in [4.78, 5) is 24.0. The third kappa shape index (κ3) is 2.99. The average molecular weight is 400 g/mol. The molecule has 3 saturated carbocycles. The first-order chi connectivity index (χ1) is 14.0. The Balaban J connectivity index is 1.51. The highest BCUT2D eigenvalue weighted by Gasteiger charge is 2.47. The molecule has 150 valence electrons. The maximum Gasteiger partial charge on any atom is 0.308 e. The summed E-state index contributed by atoms with van der Waals surface area (Å²) in [5.41, 5.74) is 0.606. The second kappa shape index (κ2) is 6.71. The zero-order valence-electron chi connectivity index (χ0n) is 15.3. The van der Waals surface area contributed by atoms with Crippen molar-refractivity contribution in [2.24, 2.45) is 17.8 Å². The van der Waals surface area contributed by atoms with E-state index in [1.54, 1.807) is 0 Å². The van der Waals surface area contributed by atoms with Crippen LogP contribution in [-0.4, -0.2) is 42.3 Å². The van der Waals surface area contributed by atoms with Crippen molar-refractivity contribution >= 4 is 22.8 Å². The van der Waals surface area contributed by atoms with Gasteiger partial charge in [-0.05, 0) is 43.6 Å². The van der Waals surface area contributed by atoms with E-state index in [1.165, 1.54) is 6.07 Å². The molecule has 10 heteroatoms. The Morgan fingerprint density at radius 3 is 2.66 bits per heavy atom. The quantitative estimate of drug-likeness (QED) is 0.616. The van der Waals surface area contributed by atoms with Crippen LogP contribution in [0.25, 0.3) is 22.6 Å². The normalized spacial score (nSPS) is 26.0. The number of aromatic amines is 1. The molecule has 0 aromatic carbocycles. The minimum Gasteiger partial charge on any atom is -0.481 e. The Morgan fingerprint density at radius 1 is 1.14 bits per heavy atom. The minimum atomic E-state index is -0.868. The van der Waals surface area contributed by atoms with Crippen LogP contribution in [0, 0.1) is 29.4 Å². The molecule has 2 bridgehead atoms. The van der Waals surface area contributed by atoms with Crippen LogP contribution in [0.15, 0.2) is 18.5 Å². The number of nitrogens with zero attached hydrogens (tertiary/aromatic N) is 4. The number of H-pyrrole nitrogens is 1. The number of aliphatic carboxylic acids is 1. The van der Waals surface area contributed by atoms with Gasteiger partial charge >= 0.3 is 5.97 Å². The van der Waals surface area contributed by atoms with Crippen LogP contribution < -0.4 is 5.32 Å². The summed E-state index contributed by atoms with van der Waals surface area (Å²) in [5, 5.41) is 19.8. The highest BCUT2D eigenvalue weighted by atomic mass is 19.1. The van der Waals surface area contributed by atoms with Crippen LogP contribution >= 0.6 is 0 Å². The standard InChI is InChI=1S/C19H18F2N6O2/c20-10-5-11-15(26-27-16(11)22-6-10)18-23-7-12(21)17(25-18)24-14-9-3-1-8(2-4-9)13(14)19(28)29/h5-9,13-14H,1-4H2,(H,28,29)(H,22,26,27)(H,23,24,25)/t8?,9?,13-,14?/m1/s1. The predicted octanol–water partition coefficient (Wildman–Crippen LogP) is 2.99. The van der Waals surface area contributed by atoms with Crippen LogP contribution in [0.5, 0.6) is 0 Å². The van der Waals surface area contributed by atoms with E-state index in [-0.39, 0.29) is 23.5 Å². The van der Waals surface area contributed by atoms with Crippen LogP contribution in [-0.2, 0) is 4.79 Å². The van der Waals surface area contributed by atoms with Crippen molar-refractivity contribution in [1.82, 2.24) is 25.1 Å². The van der Waals surface area contributed by atoms with Gasteiger partial charge in [0.1, 0.15) is 11.5 Å². The molecular formula is C19H18F2N6O2. The Labute approximate surface area is 163 Å². The second-order valence-electron chi connectivity index (χ2n) is 7.72. The molecule has 6 rings (SSSR count). The molecule has 0 amide bonds. The summed E-state index contributed by atoms with van der Waals surface area (Å²) in [5.74, 6) is -2.35. The van der Waals surface area contributed by atoms with Gasteiger partial charge in [-0.1, -0.05) is 0 Å². The van der Waals surface area contributed by atoms with Crippen LogP contribution in [0.3, 0.4) is 0 Å². The molecule has 0 saturated heterocycles. The first-order valence-electron chi connectivity index (χ1n) is 9.53. The van der Waals surface area contributed by atoms with Crippen molar-refractivity contribution in [3.8, 4) is 11.5 Å². The van der Waals surface area contributed by atoms with Gasteiger partial charge in [-0.15, -0.1) is 0 Å². The molecule has 3 N–H and O–H groups in total. The first kappa shape index (κ1) is 17.9. The SMILES string of the molecule is O=C(O)[C@@H]1C2CCC(CC2)C1Nc1nc(-c2[nH]nc3ncc(F)cc23)ncc1F. The summed E-state index contributed by atoms with van der Waals surface area (Å²) < 4.78 is 28.1. The number of carboxylic acid groups (broad SMARTS) is 1. The lowest BCUT2D eigenvalue weighted by Crippen LogP contribution is -2.51. The molecule has 8 nitrogen and oxygen atoms in total. The molecule has 3 fully saturated rings. The second-order valence-corrected chi connectivity index (χ2v) is 7.72. The van der Waals surface area contributed by atoms with Crippen molar-refractivity contribution in [3.63, 3.8) is 0 Å². The van der Waals surface area contributed by atoms with Gasteiger partial charge < -0.3 is 10.4 Å². The van der Waals surface area contributed by atoms with Crippen molar-refractivity contribution in [2.45, 2.75) is 31.7 Å². The fourth-order valence-electron chi connectivity index (χ4n) is 4.80. The molecule has 3 aliphatic rings. The largest absolute Gasteiger partial charge is 0.481 e. The molecule has 0 radical (unpaired) electrons. The van der Waals surface area contributed by atoms with Crippen LogP contribution in [0.2, 0.25) is 0 Å². The molecule has 0 spiro atoms. The Bertz CT molecular complexity index is 1100. The fraction of sp³-hybridized carbons (Fsp3) is 0.421. The van der Waals surface area contributed by atoms with E-state index >= 15 is 0 Å². The van der Waals surface area contributed by atoms with Crippen molar-refractivity contribution in [1.29, 1.82) is 0 Å². The Hall–Kier alpha value is -3.17. The summed E-state index contributed by atoms with van der Waals surface area (Å²) >= 11 is 0. The zero-order valence-corrected chi connectivity index (χ0v) is 15.3. The number of hydrogen-bond donors (Lipinski definition) is 3. The number of anilines is 1. The number of hydrogen-bond acceptors (Lipinski definition) is 6. The van der Waals surface area contributed by atoms with Crippen molar-refractivity contribution in [2.75, 3.05) is 5.32 Å².